The van der Waals surface area contributed by atoms with Gasteiger partial charge in [-0.25, -0.2) is 9.48 Å². The smallest absolute Gasteiger partial charge is 0.360 e. The molecular formula is C12H16BrN5O2. The van der Waals surface area contributed by atoms with Crippen molar-refractivity contribution in [2.45, 2.75) is 33.4 Å². The number of hydrogen-bond donors (Lipinski definition) is 0. The molecule has 2 aromatic rings. The van der Waals surface area contributed by atoms with E-state index in [2.05, 4.69) is 43.0 Å². The summed E-state index contributed by atoms with van der Waals surface area (Å²) in [5.74, 6) is -0.492. The lowest BCUT2D eigenvalue weighted by Crippen LogP contribution is -2.09. The maximum absolute atomic E-state index is 11.4. The number of hydrogen-bond acceptors (Lipinski definition) is 5. The number of carbonyl (C=O) groups excluding carboxylic acids is 1. The zero-order chi connectivity index (χ0) is 14.7. The topological polar surface area (TPSA) is 74.8 Å². The quantitative estimate of drug-likeness (QED) is 0.773. The van der Waals surface area contributed by atoms with E-state index >= 15 is 0 Å². The number of rotatable bonds is 5. The third-order valence-electron chi connectivity index (χ3n) is 2.94. The molecule has 108 valence electrons. The van der Waals surface area contributed by atoms with Crippen molar-refractivity contribution in [3.05, 3.63) is 27.8 Å². The molecule has 20 heavy (non-hydrogen) atoms. The van der Waals surface area contributed by atoms with Gasteiger partial charge < -0.3 is 4.74 Å². The standard InChI is InChI=1S/C12H16BrN5O2/c1-4-8-11(13)10(18(5-2)15-8)7-17-6-9(14-16-17)12(19)20-3/h6H,4-5,7H2,1-3H3. The first kappa shape index (κ1) is 14.7. The van der Waals surface area contributed by atoms with Crippen molar-refractivity contribution in [3.8, 4) is 0 Å². The summed E-state index contributed by atoms with van der Waals surface area (Å²) in [6.07, 6.45) is 2.42. The second kappa shape index (κ2) is 6.17. The van der Waals surface area contributed by atoms with Gasteiger partial charge in [0.1, 0.15) is 0 Å². The maximum atomic E-state index is 11.4. The van der Waals surface area contributed by atoms with E-state index in [0.29, 0.717) is 6.54 Å². The summed E-state index contributed by atoms with van der Waals surface area (Å²) >= 11 is 3.57. The van der Waals surface area contributed by atoms with E-state index in [1.807, 2.05) is 11.6 Å². The first-order chi connectivity index (χ1) is 9.60. The van der Waals surface area contributed by atoms with Crippen LogP contribution in [-0.4, -0.2) is 37.9 Å². The Balaban J connectivity index is 2.27. The molecule has 0 spiro atoms. The second-order valence-corrected chi connectivity index (χ2v) is 4.96. The predicted molar refractivity (Wildman–Crippen MR) is 75.4 cm³/mol. The predicted octanol–water partition coefficient (Wildman–Crippen LogP) is 1.65. The zero-order valence-corrected chi connectivity index (χ0v) is 13.2. The van der Waals surface area contributed by atoms with E-state index in [9.17, 15) is 4.79 Å². The average Bonchev–Trinajstić information content (AvgIpc) is 3.04. The number of aryl methyl sites for hydroxylation is 2. The summed E-state index contributed by atoms with van der Waals surface area (Å²) in [5.41, 5.74) is 2.21. The highest BCUT2D eigenvalue weighted by molar-refractivity contribution is 9.10. The Kier molecular flexibility index (Phi) is 4.53. The highest BCUT2D eigenvalue weighted by Crippen LogP contribution is 2.23. The number of ether oxygens (including phenoxy) is 1. The molecule has 2 rings (SSSR count). The molecular weight excluding hydrogens is 326 g/mol. The van der Waals surface area contributed by atoms with Crippen LogP contribution in [0.15, 0.2) is 10.7 Å². The minimum Gasteiger partial charge on any atom is -0.464 e. The van der Waals surface area contributed by atoms with Gasteiger partial charge in [-0.05, 0) is 29.3 Å². The number of carbonyl (C=O) groups is 1. The molecule has 0 aliphatic heterocycles. The molecule has 0 amide bonds. The van der Waals surface area contributed by atoms with Crippen LogP contribution in [0.4, 0.5) is 0 Å². The molecule has 0 fully saturated rings. The molecule has 0 N–H and O–H groups in total. The lowest BCUT2D eigenvalue weighted by atomic mass is 10.3. The van der Waals surface area contributed by atoms with Crippen LogP contribution in [0.1, 0.15) is 35.7 Å². The second-order valence-electron chi connectivity index (χ2n) is 4.17. The molecule has 0 aliphatic rings. The Morgan fingerprint density at radius 2 is 2.20 bits per heavy atom. The minimum atomic E-state index is -0.492. The molecule has 0 saturated carbocycles. The van der Waals surface area contributed by atoms with E-state index in [-0.39, 0.29) is 5.69 Å². The molecule has 2 heterocycles. The lowest BCUT2D eigenvalue weighted by Gasteiger charge is -2.04. The van der Waals surface area contributed by atoms with Crippen molar-refractivity contribution in [1.82, 2.24) is 24.8 Å². The number of halogens is 1. The van der Waals surface area contributed by atoms with Crippen LogP contribution in [0.5, 0.6) is 0 Å². The molecule has 0 bridgehead atoms. The van der Waals surface area contributed by atoms with Crippen molar-refractivity contribution in [2.24, 2.45) is 0 Å². The largest absolute Gasteiger partial charge is 0.464 e. The SMILES string of the molecule is CCc1nn(CC)c(Cn2cc(C(=O)OC)nn2)c1Br. The molecule has 0 aliphatic carbocycles. The van der Waals surface area contributed by atoms with Gasteiger partial charge in [0.15, 0.2) is 5.69 Å². The number of esters is 1. The van der Waals surface area contributed by atoms with Crippen LogP contribution >= 0.6 is 15.9 Å². The van der Waals surface area contributed by atoms with E-state index < -0.39 is 5.97 Å². The summed E-state index contributed by atoms with van der Waals surface area (Å²) in [5, 5.41) is 12.2. The van der Waals surface area contributed by atoms with Gasteiger partial charge in [0, 0.05) is 6.54 Å². The van der Waals surface area contributed by atoms with Crippen LogP contribution in [0.3, 0.4) is 0 Å². The van der Waals surface area contributed by atoms with Crippen LogP contribution in [0.25, 0.3) is 0 Å². The monoisotopic (exact) mass is 341 g/mol. The number of nitrogens with zero attached hydrogens (tertiary/aromatic N) is 5. The summed E-state index contributed by atoms with van der Waals surface area (Å²) in [4.78, 5) is 11.4. The van der Waals surface area contributed by atoms with Gasteiger partial charge in [-0.3, -0.25) is 4.68 Å². The van der Waals surface area contributed by atoms with Crippen LogP contribution in [-0.2, 0) is 24.2 Å². The van der Waals surface area contributed by atoms with Crippen LogP contribution in [0.2, 0.25) is 0 Å². The Hall–Kier alpha value is -1.70. The van der Waals surface area contributed by atoms with Crippen LogP contribution < -0.4 is 0 Å². The van der Waals surface area contributed by atoms with E-state index in [4.69, 9.17) is 0 Å². The maximum Gasteiger partial charge on any atom is 0.360 e. The van der Waals surface area contributed by atoms with Crippen molar-refractivity contribution >= 4 is 21.9 Å². The Morgan fingerprint density at radius 3 is 2.80 bits per heavy atom. The fourth-order valence-electron chi connectivity index (χ4n) is 1.90. The minimum absolute atomic E-state index is 0.196. The van der Waals surface area contributed by atoms with Crippen LogP contribution in [0, 0.1) is 0 Å². The average molecular weight is 342 g/mol. The third-order valence-corrected chi connectivity index (χ3v) is 3.85. The van der Waals surface area contributed by atoms with Gasteiger partial charge >= 0.3 is 5.97 Å². The first-order valence-electron chi connectivity index (χ1n) is 6.33. The van der Waals surface area contributed by atoms with E-state index in [1.54, 1.807) is 10.9 Å². The van der Waals surface area contributed by atoms with Gasteiger partial charge in [-0.15, -0.1) is 5.10 Å². The first-order valence-corrected chi connectivity index (χ1v) is 7.12. The van der Waals surface area contributed by atoms with Gasteiger partial charge in [-0.2, -0.15) is 5.10 Å². The van der Waals surface area contributed by atoms with Gasteiger partial charge in [-0.1, -0.05) is 12.1 Å². The molecule has 0 aromatic carbocycles. The van der Waals surface area contributed by atoms with Crippen molar-refractivity contribution in [1.29, 1.82) is 0 Å². The normalized spacial score (nSPS) is 10.8. The third kappa shape index (κ3) is 2.74. The Labute approximate surface area is 125 Å². The van der Waals surface area contributed by atoms with Crippen molar-refractivity contribution in [3.63, 3.8) is 0 Å². The highest BCUT2D eigenvalue weighted by atomic mass is 79.9. The molecule has 0 radical (unpaired) electrons. The summed E-state index contributed by atoms with van der Waals surface area (Å²) in [6.45, 7) is 5.35. The van der Waals surface area contributed by atoms with Crippen molar-refractivity contribution < 1.29 is 9.53 Å². The highest BCUT2D eigenvalue weighted by Gasteiger charge is 2.16. The zero-order valence-electron chi connectivity index (χ0n) is 11.6. The van der Waals surface area contributed by atoms with Gasteiger partial charge in [0.05, 0.1) is 35.7 Å². The molecule has 8 heteroatoms. The van der Waals surface area contributed by atoms with E-state index in [1.165, 1.54) is 7.11 Å². The van der Waals surface area contributed by atoms with Gasteiger partial charge in [0.2, 0.25) is 0 Å². The number of aromatic nitrogens is 5. The molecule has 7 nitrogen and oxygen atoms in total. The summed E-state index contributed by atoms with van der Waals surface area (Å²) in [7, 11) is 1.32. The number of methoxy groups -OCH3 is 1. The van der Waals surface area contributed by atoms with E-state index in [0.717, 1.165) is 28.8 Å². The molecule has 2 aromatic heterocycles. The molecule has 0 atom stereocenters. The molecule has 0 unspecified atom stereocenters. The molecule has 0 saturated heterocycles. The summed E-state index contributed by atoms with van der Waals surface area (Å²) < 4.78 is 9.11. The Morgan fingerprint density at radius 1 is 1.45 bits per heavy atom. The van der Waals surface area contributed by atoms with Gasteiger partial charge in [0.25, 0.3) is 0 Å². The lowest BCUT2D eigenvalue weighted by molar-refractivity contribution is 0.0594. The summed E-state index contributed by atoms with van der Waals surface area (Å²) in [6, 6.07) is 0. The van der Waals surface area contributed by atoms with Crippen molar-refractivity contribution in [2.75, 3.05) is 7.11 Å². The Bertz CT molecular complexity index is 619. The fourth-order valence-corrected chi connectivity index (χ4v) is 2.59. The fraction of sp³-hybridized carbons (Fsp3) is 0.500.